The Balaban J connectivity index is 1.13. The van der Waals surface area contributed by atoms with Crippen LogP contribution in [0.4, 0.5) is 5.82 Å². The zero-order valence-corrected chi connectivity index (χ0v) is 44.3. The van der Waals surface area contributed by atoms with Crippen LogP contribution in [0.25, 0.3) is 43.4 Å². The molecule has 0 radical (unpaired) electrons. The first-order valence-corrected chi connectivity index (χ1v) is 27.5. The standard InChI is InChI=1S/C47H45N13O7S6/c1-20(2)33-47-60-36(29(73-47)15-67-5)40(65)50-14-32(62)57-37(38(63)22-9-7-6-8-10-22)46-55-28(18-70-46)44-53-26(16-69-44)35-23(11-12-24(51-35)43-56-30(48)19-71-43)42-54-27(17-68-42)39(64)52-25(13-31(61)49-4)45-59-34(21(3)72-45)41(66)58-33/h6-12,16-20,25,33,37-38,63H,13-15,48H2,1-5H3,(H,49,61)(H,50,65)(H,52,64)(H,57,62)(H,58,66). The minimum absolute atomic E-state index is 0.0147. The molecule has 4 unspecified atom stereocenters. The van der Waals surface area contributed by atoms with Crippen molar-refractivity contribution in [3.8, 4) is 43.4 Å². The molecule has 5 amide bonds. The quantitative estimate of drug-likeness (QED) is 0.0815. The third-order valence-electron chi connectivity index (χ3n) is 11.3. The molecule has 7 aromatic heterocycles. The lowest BCUT2D eigenvalue weighted by Crippen LogP contribution is -2.40. The largest absolute Gasteiger partial charge is 0.386 e. The summed E-state index contributed by atoms with van der Waals surface area (Å²) in [5.74, 6) is -2.64. The van der Waals surface area contributed by atoms with Crippen molar-refractivity contribution in [2.45, 2.75) is 58.0 Å². The number of hydrogen-bond acceptors (Lipinski definition) is 21. The predicted molar refractivity (Wildman–Crippen MR) is 281 cm³/mol. The predicted octanol–water partition coefficient (Wildman–Crippen LogP) is 6.89. The Morgan fingerprint density at radius 2 is 1.44 bits per heavy atom. The van der Waals surface area contributed by atoms with Crippen LogP contribution in [-0.2, 0) is 20.9 Å². The molecule has 20 nitrogen and oxygen atoms in total. The Labute approximate surface area is 441 Å². The van der Waals surface area contributed by atoms with Gasteiger partial charge < -0.3 is 42.2 Å². The maximum absolute atomic E-state index is 14.2. The number of carbonyl (C=O) groups excluding carboxylic acids is 5. The number of rotatable bonds is 8. The highest BCUT2D eigenvalue weighted by Crippen LogP contribution is 2.40. The van der Waals surface area contributed by atoms with Crippen molar-refractivity contribution in [2.75, 3.05) is 26.4 Å². The molecule has 4 atom stereocenters. The van der Waals surface area contributed by atoms with Gasteiger partial charge in [-0.25, -0.2) is 34.9 Å². The van der Waals surface area contributed by atoms with Crippen molar-refractivity contribution in [3.05, 3.63) is 111 Å². The van der Waals surface area contributed by atoms with Crippen molar-refractivity contribution in [1.29, 1.82) is 0 Å². The molecule has 0 saturated heterocycles. The van der Waals surface area contributed by atoms with Crippen molar-refractivity contribution < 1.29 is 33.8 Å². The van der Waals surface area contributed by atoms with Gasteiger partial charge in [0, 0.05) is 46.1 Å². The highest BCUT2D eigenvalue weighted by atomic mass is 32.1. The summed E-state index contributed by atoms with van der Waals surface area (Å²) < 4.78 is 5.44. The number of aliphatic hydroxyl groups excluding tert-OH is 1. The van der Waals surface area contributed by atoms with Crippen LogP contribution >= 0.6 is 68.0 Å². The van der Waals surface area contributed by atoms with Crippen molar-refractivity contribution >= 4 is 103 Å². The first-order chi connectivity index (χ1) is 35.2. The van der Waals surface area contributed by atoms with Crippen LogP contribution < -0.4 is 32.3 Å². The Morgan fingerprint density at radius 3 is 2.18 bits per heavy atom. The molecule has 8 heterocycles. The third kappa shape index (κ3) is 11.2. The molecular weight excluding hydrogens is 1050 g/mol. The fourth-order valence-corrected chi connectivity index (χ4v) is 13.0. The first kappa shape index (κ1) is 51.1. The number of thiazole rings is 6. The van der Waals surface area contributed by atoms with E-state index in [9.17, 15) is 29.1 Å². The van der Waals surface area contributed by atoms with Crippen LogP contribution in [0.3, 0.4) is 0 Å². The topological polar surface area (TPSA) is 291 Å². The number of methoxy groups -OCH3 is 1. The fourth-order valence-electron chi connectivity index (χ4n) is 7.60. The maximum atomic E-state index is 14.2. The van der Waals surface area contributed by atoms with E-state index in [2.05, 4.69) is 41.5 Å². The van der Waals surface area contributed by atoms with E-state index in [-0.39, 0.29) is 41.9 Å². The van der Waals surface area contributed by atoms with Crippen molar-refractivity contribution in [2.24, 2.45) is 5.92 Å². The second-order valence-electron chi connectivity index (χ2n) is 16.7. The van der Waals surface area contributed by atoms with Crippen LogP contribution in [0.1, 0.15) is 106 Å². The molecule has 8 N–H and O–H groups in total. The number of nitrogens with two attached hydrogens (primary N) is 1. The fraction of sp³-hybridized carbons (Fsp3) is 0.277. The number of nitrogens with zero attached hydrogens (tertiary/aromatic N) is 7. The summed E-state index contributed by atoms with van der Waals surface area (Å²) in [6.07, 6.45) is -1.43. The van der Waals surface area contributed by atoms with Crippen LogP contribution in [0.2, 0.25) is 0 Å². The monoisotopic (exact) mass is 1100 g/mol. The number of nitrogen functional groups attached to an aromatic ring is 1. The van der Waals surface area contributed by atoms with E-state index >= 15 is 0 Å². The van der Waals surface area contributed by atoms with E-state index in [1.54, 1.807) is 53.4 Å². The Kier molecular flexibility index (Phi) is 15.5. The number of aryl methyl sites for hydroxylation is 1. The number of hydrogen-bond donors (Lipinski definition) is 7. The van der Waals surface area contributed by atoms with Gasteiger partial charge in [0.2, 0.25) is 11.8 Å². The normalized spacial score (nSPS) is 17.1. The maximum Gasteiger partial charge on any atom is 0.271 e. The van der Waals surface area contributed by atoms with Gasteiger partial charge in [-0.3, -0.25) is 24.0 Å². The average molecular weight is 1100 g/mol. The minimum Gasteiger partial charge on any atom is -0.386 e. The van der Waals surface area contributed by atoms with Gasteiger partial charge in [0.25, 0.3) is 17.7 Å². The SMILES string of the molecule is CNC(=O)CC1NC(=O)c2csc(n2)-c2ccc(-c3nc(N)cs3)nc2-c2csc(n2)-c2csc(n2)C(C(O)c2ccccc2)NC(=O)CNC(=O)c2nc(sc2COC)C(C(C)C)NC(=O)c2nc1sc2C. The molecular formula is C47H45N13O7S6. The molecule has 9 rings (SSSR count). The number of carbonyl (C=O) groups is 5. The molecule has 26 heteroatoms. The number of amides is 5. The lowest BCUT2D eigenvalue weighted by atomic mass is 10.0. The number of fused-ring (bicyclic) bond motifs is 14. The molecule has 1 aliphatic heterocycles. The number of aliphatic hydroxyl groups is 1. The molecule has 8 aromatic rings. The van der Waals surface area contributed by atoms with E-state index in [1.807, 2.05) is 31.4 Å². The molecule has 0 fully saturated rings. The first-order valence-electron chi connectivity index (χ1n) is 22.4. The summed E-state index contributed by atoms with van der Waals surface area (Å²) in [6, 6.07) is 9.76. The molecule has 1 aliphatic rings. The highest BCUT2D eigenvalue weighted by molar-refractivity contribution is 7.15. The minimum atomic E-state index is -1.24. The number of anilines is 1. The highest BCUT2D eigenvalue weighted by Gasteiger charge is 2.32. The summed E-state index contributed by atoms with van der Waals surface area (Å²) >= 11 is 7.40. The van der Waals surface area contributed by atoms with E-state index in [0.29, 0.717) is 79.5 Å². The van der Waals surface area contributed by atoms with Gasteiger partial charge in [0.15, 0.2) is 0 Å². The third-order valence-corrected chi connectivity index (χ3v) is 17.0. The number of ether oxygens (including phenoxy) is 1. The number of aromatic nitrogens is 7. The molecule has 0 spiro atoms. The van der Waals surface area contributed by atoms with Gasteiger partial charge in [0.1, 0.15) is 82.2 Å². The summed E-state index contributed by atoms with van der Waals surface area (Å²) in [7, 11) is 2.96. The number of pyridine rings is 1. The second kappa shape index (κ2) is 22.1. The molecule has 1 aromatic carbocycles. The molecule has 73 heavy (non-hydrogen) atoms. The van der Waals surface area contributed by atoms with Gasteiger partial charge in [-0.15, -0.1) is 68.0 Å². The summed E-state index contributed by atoms with van der Waals surface area (Å²) in [5, 5.41) is 35.5. The van der Waals surface area contributed by atoms with Crippen LogP contribution in [-0.4, -0.2) is 90.2 Å². The molecule has 10 bridgehead atoms. The van der Waals surface area contributed by atoms with E-state index < -0.39 is 54.4 Å². The Morgan fingerprint density at radius 1 is 0.726 bits per heavy atom. The molecule has 376 valence electrons. The van der Waals surface area contributed by atoms with Gasteiger partial charge in [0.05, 0.1) is 42.2 Å². The van der Waals surface area contributed by atoms with E-state index in [1.165, 1.54) is 70.8 Å². The lowest BCUT2D eigenvalue weighted by molar-refractivity contribution is -0.122. The van der Waals surface area contributed by atoms with Gasteiger partial charge in [-0.05, 0) is 30.5 Å². The van der Waals surface area contributed by atoms with Crippen molar-refractivity contribution in [3.63, 3.8) is 0 Å². The average Bonchev–Trinajstić information content (AvgIpc) is 4.26. The van der Waals surface area contributed by atoms with Gasteiger partial charge in [-0.1, -0.05) is 44.2 Å². The summed E-state index contributed by atoms with van der Waals surface area (Å²) in [4.78, 5) is 103. The lowest BCUT2D eigenvalue weighted by Gasteiger charge is -2.23. The number of nitrogens with one attached hydrogen (secondary N) is 5. The zero-order chi connectivity index (χ0) is 51.5. The second-order valence-corrected chi connectivity index (χ2v) is 22.5. The zero-order valence-electron chi connectivity index (χ0n) is 39.4. The molecule has 0 aliphatic carbocycles. The summed E-state index contributed by atoms with van der Waals surface area (Å²) in [6.45, 7) is 5.04. The van der Waals surface area contributed by atoms with Gasteiger partial charge in [-0.2, -0.15) is 0 Å². The van der Waals surface area contributed by atoms with E-state index in [4.69, 9.17) is 30.4 Å². The van der Waals surface area contributed by atoms with E-state index in [0.717, 1.165) is 11.3 Å². The summed E-state index contributed by atoms with van der Waals surface area (Å²) in [5.41, 5.74) is 9.16. The van der Waals surface area contributed by atoms with Crippen LogP contribution in [0.15, 0.2) is 64.0 Å². The van der Waals surface area contributed by atoms with Crippen molar-refractivity contribution in [1.82, 2.24) is 61.5 Å². The Hall–Kier alpha value is -6.78. The smallest absolute Gasteiger partial charge is 0.271 e. The van der Waals surface area contributed by atoms with Crippen LogP contribution in [0, 0.1) is 12.8 Å². The van der Waals surface area contributed by atoms with Crippen LogP contribution in [0.5, 0.6) is 0 Å². The number of benzene rings is 1. The van der Waals surface area contributed by atoms with Gasteiger partial charge >= 0.3 is 0 Å². The Bertz CT molecular complexity index is 3340. The molecule has 0 saturated carbocycles.